The minimum absolute atomic E-state index is 0.119. The van der Waals surface area contributed by atoms with Crippen molar-refractivity contribution in [2.24, 2.45) is 0 Å². The molecule has 0 saturated carbocycles. The van der Waals surface area contributed by atoms with E-state index in [0.717, 1.165) is 12.1 Å². The fraction of sp³-hybridized carbons (Fsp3) is 0.273. The second-order valence-corrected chi connectivity index (χ2v) is 2.65. The summed E-state index contributed by atoms with van der Waals surface area (Å²) in [6, 6.07) is 2.73. The van der Waals surface area contributed by atoms with Gasteiger partial charge in [-0.25, -0.2) is 4.39 Å². The van der Waals surface area contributed by atoms with Crippen LogP contribution in [0.3, 0.4) is 0 Å². The number of rotatable bonds is 1. The minimum Gasteiger partial charge on any atom is -0.207 e. The van der Waals surface area contributed by atoms with Crippen molar-refractivity contribution >= 4 is 0 Å². The third-order valence-corrected chi connectivity index (χ3v) is 1.76. The van der Waals surface area contributed by atoms with Crippen molar-refractivity contribution < 1.29 is 17.6 Å². The molecule has 1 rings (SSSR count). The van der Waals surface area contributed by atoms with Crippen molar-refractivity contribution in [3.8, 4) is 0 Å². The average molecular weight is 220 g/mol. The molecule has 0 bridgehead atoms. The first-order valence-electron chi connectivity index (χ1n) is 4.30. The van der Waals surface area contributed by atoms with Crippen molar-refractivity contribution in [2.45, 2.75) is 19.5 Å². The van der Waals surface area contributed by atoms with Crippen molar-refractivity contribution in [3.05, 3.63) is 48.3 Å². The Labute approximate surface area is 86.2 Å². The van der Waals surface area contributed by atoms with Gasteiger partial charge in [-0.2, -0.15) is 13.2 Å². The van der Waals surface area contributed by atoms with Gasteiger partial charge < -0.3 is 0 Å². The Kier molecular flexibility index (Phi) is 5.05. The molecular weight excluding hydrogens is 208 g/mol. The van der Waals surface area contributed by atoms with Crippen LogP contribution >= 0.6 is 0 Å². The fourth-order valence-electron chi connectivity index (χ4n) is 1.12. The quantitative estimate of drug-likeness (QED) is 0.491. The van der Waals surface area contributed by atoms with Crippen molar-refractivity contribution in [3.63, 3.8) is 0 Å². The van der Waals surface area contributed by atoms with E-state index in [0.29, 0.717) is 6.07 Å². The van der Waals surface area contributed by atoms with Crippen LogP contribution in [-0.2, 0) is 12.6 Å². The summed E-state index contributed by atoms with van der Waals surface area (Å²) in [6.07, 6.45) is -4.22. The van der Waals surface area contributed by atoms with E-state index in [4.69, 9.17) is 0 Å². The highest BCUT2D eigenvalue weighted by Crippen LogP contribution is 2.32. The van der Waals surface area contributed by atoms with Gasteiger partial charge in [-0.15, -0.1) is 13.2 Å². The maximum absolute atomic E-state index is 12.5. The first-order valence-corrected chi connectivity index (χ1v) is 4.30. The molecule has 0 fully saturated rings. The molecule has 0 radical (unpaired) electrons. The summed E-state index contributed by atoms with van der Waals surface area (Å²) < 4.78 is 49.3. The number of benzene rings is 1. The maximum atomic E-state index is 12.5. The summed E-state index contributed by atoms with van der Waals surface area (Å²) >= 11 is 0. The molecule has 1 aromatic rings. The van der Waals surface area contributed by atoms with Crippen molar-refractivity contribution in [1.82, 2.24) is 0 Å². The van der Waals surface area contributed by atoms with Gasteiger partial charge in [0.25, 0.3) is 0 Å². The molecule has 0 atom stereocenters. The zero-order chi connectivity index (χ0) is 12.1. The van der Waals surface area contributed by atoms with Crippen LogP contribution in [0.2, 0.25) is 0 Å². The van der Waals surface area contributed by atoms with E-state index >= 15 is 0 Å². The van der Waals surface area contributed by atoms with E-state index in [1.807, 2.05) is 0 Å². The smallest absolute Gasteiger partial charge is 0.207 e. The molecular formula is C11H12F4. The topological polar surface area (TPSA) is 0 Å². The lowest BCUT2D eigenvalue weighted by molar-refractivity contribution is -0.138. The van der Waals surface area contributed by atoms with Crippen LogP contribution < -0.4 is 0 Å². The SMILES string of the molecule is C=C.CCc1ccc(F)cc1C(F)(F)F. The summed E-state index contributed by atoms with van der Waals surface area (Å²) in [4.78, 5) is 0. The second kappa shape index (κ2) is 5.53. The number of aryl methyl sites for hydroxylation is 1. The molecule has 0 amide bonds. The van der Waals surface area contributed by atoms with Gasteiger partial charge >= 0.3 is 6.18 Å². The van der Waals surface area contributed by atoms with Crippen LogP contribution in [-0.4, -0.2) is 0 Å². The monoisotopic (exact) mass is 220 g/mol. The van der Waals surface area contributed by atoms with E-state index in [9.17, 15) is 17.6 Å². The average Bonchev–Trinajstić information content (AvgIpc) is 2.19. The summed E-state index contributed by atoms with van der Waals surface area (Å²) in [7, 11) is 0. The van der Waals surface area contributed by atoms with Crippen LogP contribution in [0.25, 0.3) is 0 Å². The van der Waals surface area contributed by atoms with Gasteiger partial charge in [-0.3, -0.25) is 0 Å². The molecule has 84 valence electrons. The lowest BCUT2D eigenvalue weighted by Gasteiger charge is -2.10. The standard InChI is InChI=1S/C9H8F4.C2H4/c1-2-6-3-4-7(10)5-8(6)9(11,12)13;1-2/h3-5H,2H2,1H3;1-2H2. The van der Waals surface area contributed by atoms with Gasteiger partial charge in [0.05, 0.1) is 5.56 Å². The summed E-state index contributed by atoms with van der Waals surface area (Å²) in [5.41, 5.74) is -0.760. The zero-order valence-corrected chi connectivity index (χ0v) is 8.37. The zero-order valence-electron chi connectivity index (χ0n) is 8.37. The van der Waals surface area contributed by atoms with Crippen LogP contribution in [0.15, 0.2) is 31.4 Å². The summed E-state index contributed by atoms with van der Waals surface area (Å²) in [5.74, 6) is -0.857. The lowest BCUT2D eigenvalue weighted by atomic mass is 10.0. The van der Waals surface area contributed by atoms with E-state index in [2.05, 4.69) is 13.2 Å². The predicted octanol–water partition coefficient (Wildman–Crippen LogP) is 4.21. The van der Waals surface area contributed by atoms with Gasteiger partial charge in [0.2, 0.25) is 0 Å². The van der Waals surface area contributed by atoms with Gasteiger partial charge in [0.15, 0.2) is 0 Å². The summed E-state index contributed by atoms with van der Waals surface area (Å²) in [6.45, 7) is 7.60. The highest BCUT2D eigenvalue weighted by atomic mass is 19.4. The Morgan fingerprint density at radius 3 is 2.13 bits per heavy atom. The first-order chi connectivity index (χ1) is 6.95. The molecule has 0 spiro atoms. The van der Waals surface area contributed by atoms with Gasteiger partial charge in [0, 0.05) is 0 Å². The molecule has 0 aliphatic heterocycles. The normalized spacial score (nSPS) is 10.5. The Bertz CT molecular complexity index is 315. The van der Waals surface area contributed by atoms with Crippen LogP contribution in [0.5, 0.6) is 0 Å². The Morgan fingerprint density at radius 2 is 1.73 bits per heavy atom. The molecule has 0 nitrogen and oxygen atoms in total. The van der Waals surface area contributed by atoms with Crippen LogP contribution in [0, 0.1) is 5.82 Å². The van der Waals surface area contributed by atoms with Gasteiger partial charge in [-0.05, 0) is 24.1 Å². The maximum Gasteiger partial charge on any atom is 0.416 e. The second-order valence-electron chi connectivity index (χ2n) is 2.65. The Morgan fingerprint density at radius 1 is 1.20 bits per heavy atom. The fourth-order valence-corrected chi connectivity index (χ4v) is 1.12. The molecule has 0 heterocycles. The van der Waals surface area contributed by atoms with Gasteiger partial charge in [0.1, 0.15) is 5.82 Å². The van der Waals surface area contributed by atoms with E-state index in [1.54, 1.807) is 6.92 Å². The van der Waals surface area contributed by atoms with Crippen molar-refractivity contribution in [1.29, 1.82) is 0 Å². The Hall–Kier alpha value is -1.32. The molecule has 15 heavy (non-hydrogen) atoms. The molecule has 0 aliphatic carbocycles. The number of halogens is 4. The minimum atomic E-state index is -4.46. The molecule has 0 N–H and O–H groups in total. The highest BCUT2D eigenvalue weighted by Gasteiger charge is 2.33. The van der Waals surface area contributed by atoms with Crippen molar-refractivity contribution in [2.75, 3.05) is 0 Å². The lowest BCUT2D eigenvalue weighted by Crippen LogP contribution is -2.09. The van der Waals surface area contributed by atoms with Gasteiger partial charge in [-0.1, -0.05) is 13.0 Å². The van der Waals surface area contributed by atoms with Crippen LogP contribution in [0.1, 0.15) is 18.1 Å². The number of alkyl halides is 3. The molecule has 0 saturated heterocycles. The summed E-state index contributed by atoms with van der Waals surface area (Å²) in [5, 5.41) is 0. The largest absolute Gasteiger partial charge is 0.416 e. The van der Waals surface area contributed by atoms with E-state index in [-0.39, 0.29) is 12.0 Å². The molecule has 4 heteroatoms. The third kappa shape index (κ3) is 3.73. The Balaban J connectivity index is 0.000000921. The van der Waals surface area contributed by atoms with Crippen LogP contribution in [0.4, 0.5) is 17.6 Å². The third-order valence-electron chi connectivity index (χ3n) is 1.76. The molecule has 0 aliphatic rings. The molecule has 0 unspecified atom stereocenters. The highest BCUT2D eigenvalue weighted by molar-refractivity contribution is 5.30. The van der Waals surface area contributed by atoms with E-state index < -0.39 is 17.6 Å². The molecule has 1 aromatic carbocycles. The van der Waals surface area contributed by atoms with E-state index in [1.165, 1.54) is 0 Å². The number of hydrogen-bond donors (Lipinski definition) is 0. The molecule has 0 aromatic heterocycles. The number of hydrogen-bond acceptors (Lipinski definition) is 0. The predicted molar refractivity (Wildman–Crippen MR) is 52.0 cm³/mol. The first kappa shape index (κ1) is 13.7.